The number of aryl methyl sites for hydroxylation is 1. The molecule has 6 nitrogen and oxygen atoms in total. The van der Waals surface area contributed by atoms with Crippen molar-refractivity contribution in [1.82, 2.24) is 0 Å². The van der Waals surface area contributed by atoms with Gasteiger partial charge in [-0.15, -0.1) is 0 Å². The number of hydrogen-bond acceptors (Lipinski definition) is 5. The second-order valence-corrected chi connectivity index (χ2v) is 4.81. The lowest BCUT2D eigenvalue weighted by molar-refractivity contribution is -0.151. The quantitative estimate of drug-likeness (QED) is 0.623. The average Bonchev–Trinajstić information content (AvgIpc) is 2.45. The standard InChI is InChI=1S/C15H17NO5/c1-4-20-15(19)13-7-16(10(3)18)12-6-9(2)5-11(8-17)14(12)21-13/h5-6,8,13H,4,7H2,1-3H3. The molecule has 1 unspecified atom stereocenters. The molecule has 1 aliphatic heterocycles. The summed E-state index contributed by atoms with van der Waals surface area (Å²) in [6.07, 6.45) is -0.278. The van der Waals surface area contributed by atoms with Gasteiger partial charge in [-0.25, -0.2) is 4.79 Å². The van der Waals surface area contributed by atoms with E-state index in [1.165, 1.54) is 11.8 Å². The smallest absolute Gasteiger partial charge is 0.349 e. The van der Waals surface area contributed by atoms with Gasteiger partial charge in [0.05, 0.1) is 24.4 Å². The summed E-state index contributed by atoms with van der Waals surface area (Å²) in [6.45, 7) is 5.21. The highest BCUT2D eigenvalue weighted by molar-refractivity contribution is 5.98. The topological polar surface area (TPSA) is 72.9 Å². The highest BCUT2D eigenvalue weighted by Gasteiger charge is 2.35. The van der Waals surface area contributed by atoms with Crippen molar-refractivity contribution in [3.8, 4) is 5.75 Å². The number of nitrogens with zero attached hydrogens (tertiary/aromatic N) is 1. The lowest BCUT2D eigenvalue weighted by atomic mass is 10.1. The summed E-state index contributed by atoms with van der Waals surface area (Å²) >= 11 is 0. The monoisotopic (exact) mass is 291 g/mol. The average molecular weight is 291 g/mol. The van der Waals surface area contributed by atoms with E-state index >= 15 is 0 Å². The summed E-state index contributed by atoms with van der Waals surface area (Å²) in [7, 11) is 0. The molecule has 1 atom stereocenters. The van der Waals surface area contributed by atoms with Gasteiger partial charge in [0, 0.05) is 6.92 Å². The molecule has 0 radical (unpaired) electrons. The van der Waals surface area contributed by atoms with Crippen LogP contribution in [0.3, 0.4) is 0 Å². The van der Waals surface area contributed by atoms with Gasteiger partial charge in [0.1, 0.15) is 0 Å². The molecule has 1 aromatic carbocycles. The van der Waals surface area contributed by atoms with Crippen LogP contribution in [0.2, 0.25) is 0 Å². The predicted octanol–water partition coefficient (Wildman–Crippen LogP) is 1.48. The van der Waals surface area contributed by atoms with Crippen LogP contribution >= 0.6 is 0 Å². The summed E-state index contributed by atoms with van der Waals surface area (Å²) in [5.41, 5.74) is 1.65. The summed E-state index contributed by atoms with van der Waals surface area (Å²) in [6, 6.07) is 3.41. The van der Waals surface area contributed by atoms with Crippen LogP contribution in [-0.4, -0.2) is 37.4 Å². The number of esters is 1. The predicted molar refractivity (Wildman–Crippen MR) is 75.6 cm³/mol. The molecule has 1 heterocycles. The third-order valence-corrected chi connectivity index (χ3v) is 3.20. The number of ether oxygens (including phenoxy) is 2. The Kier molecular flexibility index (Phi) is 4.26. The van der Waals surface area contributed by atoms with Gasteiger partial charge < -0.3 is 14.4 Å². The molecule has 2 rings (SSSR count). The molecule has 0 N–H and O–H groups in total. The molecule has 0 saturated heterocycles. The second-order valence-electron chi connectivity index (χ2n) is 4.81. The maximum absolute atomic E-state index is 11.9. The number of anilines is 1. The normalized spacial score (nSPS) is 16.7. The number of benzene rings is 1. The van der Waals surface area contributed by atoms with Crippen molar-refractivity contribution in [3.05, 3.63) is 23.3 Å². The van der Waals surface area contributed by atoms with Gasteiger partial charge in [-0.2, -0.15) is 0 Å². The summed E-state index contributed by atoms with van der Waals surface area (Å²) in [4.78, 5) is 36.3. The Hall–Kier alpha value is -2.37. The summed E-state index contributed by atoms with van der Waals surface area (Å²) in [5, 5.41) is 0. The summed E-state index contributed by atoms with van der Waals surface area (Å²) in [5.74, 6) is -0.529. The first-order chi connectivity index (χ1) is 9.97. The second kappa shape index (κ2) is 5.95. The van der Waals surface area contributed by atoms with Gasteiger partial charge in [0.2, 0.25) is 12.0 Å². The first-order valence-corrected chi connectivity index (χ1v) is 6.69. The van der Waals surface area contributed by atoms with E-state index in [1.807, 2.05) is 6.92 Å². The van der Waals surface area contributed by atoms with E-state index < -0.39 is 12.1 Å². The van der Waals surface area contributed by atoms with E-state index in [0.29, 0.717) is 17.5 Å². The first-order valence-electron chi connectivity index (χ1n) is 6.69. The van der Waals surface area contributed by atoms with Crippen LogP contribution in [0.5, 0.6) is 5.75 Å². The van der Waals surface area contributed by atoms with Gasteiger partial charge in [-0.1, -0.05) is 0 Å². The van der Waals surface area contributed by atoms with E-state index in [1.54, 1.807) is 19.1 Å². The van der Waals surface area contributed by atoms with Crippen molar-refractivity contribution < 1.29 is 23.9 Å². The molecule has 0 aromatic heterocycles. The van der Waals surface area contributed by atoms with Crippen LogP contribution in [0.1, 0.15) is 29.8 Å². The number of fused-ring (bicyclic) bond motifs is 1. The van der Waals surface area contributed by atoms with Crippen molar-refractivity contribution in [1.29, 1.82) is 0 Å². The molecule has 1 amide bonds. The molecule has 0 bridgehead atoms. The van der Waals surface area contributed by atoms with Gasteiger partial charge >= 0.3 is 5.97 Å². The van der Waals surface area contributed by atoms with Crippen molar-refractivity contribution in [2.75, 3.05) is 18.1 Å². The van der Waals surface area contributed by atoms with Crippen molar-refractivity contribution >= 4 is 23.9 Å². The highest BCUT2D eigenvalue weighted by atomic mass is 16.6. The zero-order valence-corrected chi connectivity index (χ0v) is 12.2. The van der Waals surface area contributed by atoms with Gasteiger partial charge in [-0.05, 0) is 31.5 Å². The van der Waals surface area contributed by atoms with Gasteiger partial charge in [0.25, 0.3) is 0 Å². The fourth-order valence-electron chi connectivity index (χ4n) is 2.30. The van der Waals surface area contributed by atoms with Crippen LogP contribution < -0.4 is 9.64 Å². The molecule has 0 aliphatic carbocycles. The lowest BCUT2D eigenvalue weighted by Crippen LogP contribution is -2.47. The third-order valence-electron chi connectivity index (χ3n) is 3.20. The van der Waals surface area contributed by atoms with E-state index in [9.17, 15) is 14.4 Å². The minimum absolute atomic E-state index is 0.0723. The maximum Gasteiger partial charge on any atom is 0.349 e. The number of carbonyl (C=O) groups excluding carboxylic acids is 3. The molecule has 1 aliphatic rings. The molecular weight excluding hydrogens is 274 g/mol. The van der Waals surface area contributed by atoms with E-state index in [4.69, 9.17) is 9.47 Å². The Bertz CT molecular complexity index is 596. The van der Waals surface area contributed by atoms with Crippen LogP contribution in [0.15, 0.2) is 12.1 Å². The fraction of sp³-hybridized carbons (Fsp3) is 0.400. The van der Waals surface area contributed by atoms with E-state index in [-0.39, 0.29) is 24.8 Å². The Balaban J connectivity index is 2.48. The molecule has 6 heteroatoms. The molecule has 0 saturated carbocycles. The zero-order valence-electron chi connectivity index (χ0n) is 12.2. The Morgan fingerprint density at radius 2 is 2.19 bits per heavy atom. The third kappa shape index (κ3) is 2.89. The lowest BCUT2D eigenvalue weighted by Gasteiger charge is -2.34. The van der Waals surface area contributed by atoms with Crippen LogP contribution in [0.4, 0.5) is 5.69 Å². The van der Waals surface area contributed by atoms with Gasteiger partial charge in [0.15, 0.2) is 12.0 Å². The largest absolute Gasteiger partial charge is 0.474 e. The summed E-state index contributed by atoms with van der Waals surface area (Å²) < 4.78 is 10.5. The van der Waals surface area contributed by atoms with Crippen molar-refractivity contribution in [2.24, 2.45) is 0 Å². The number of rotatable bonds is 3. The van der Waals surface area contributed by atoms with E-state index in [0.717, 1.165) is 5.56 Å². The van der Waals surface area contributed by atoms with Crippen molar-refractivity contribution in [3.63, 3.8) is 0 Å². The van der Waals surface area contributed by atoms with Crippen LogP contribution in [0.25, 0.3) is 0 Å². The molecule has 112 valence electrons. The minimum atomic E-state index is -0.928. The minimum Gasteiger partial charge on any atom is -0.474 e. The molecular formula is C15H17NO5. The van der Waals surface area contributed by atoms with Crippen LogP contribution in [-0.2, 0) is 14.3 Å². The number of amides is 1. The Morgan fingerprint density at radius 3 is 2.76 bits per heavy atom. The van der Waals surface area contributed by atoms with E-state index in [2.05, 4.69) is 0 Å². The highest BCUT2D eigenvalue weighted by Crippen LogP contribution is 2.37. The van der Waals surface area contributed by atoms with Gasteiger partial charge in [-0.3, -0.25) is 9.59 Å². The van der Waals surface area contributed by atoms with Crippen molar-refractivity contribution in [2.45, 2.75) is 26.9 Å². The Morgan fingerprint density at radius 1 is 1.48 bits per heavy atom. The Labute approximate surface area is 122 Å². The fourth-order valence-corrected chi connectivity index (χ4v) is 2.30. The number of carbonyl (C=O) groups is 3. The van der Waals surface area contributed by atoms with Crippen LogP contribution in [0, 0.1) is 6.92 Å². The molecule has 0 fully saturated rings. The molecule has 0 spiro atoms. The number of aldehydes is 1. The molecule has 21 heavy (non-hydrogen) atoms. The number of hydrogen-bond donors (Lipinski definition) is 0. The molecule has 1 aromatic rings. The SMILES string of the molecule is CCOC(=O)C1CN(C(C)=O)c2cc(C)cc(C=O)c2O1. The first kappa shape index (κ1) is 15.0. The maximum atomic E-state index is 11.9. The zero-order chi connectivity index (χ0) is 15.6.